The number of nitrogens with zero attached hydrogens (tertiary/aromatic N) is 1. The van der Waals surface area contributed by atoms with E-state index in [0.29, 0.717) is 18.7 Å². The number of methoxy groups -OCH3 is 1. The van der Waals surface area contributed by atoms with Gasteiger partial charge in [-0.2, -0.15) is 0 Å². The molecule has 0 bridgehead atoms. The lowest BCUT2D eigenvalue weighted by molar-refractivity contribution is -0.136. The van der Waals surface area contributed by atoms with Gasteiger partial charge in [-0.1, -0.05) is 6.08 Å². The highest BCUT2D eigenvalue weighted by molar-refractivity contribution is 5.87. The molecule has 0 aliphatic rings. The molecule has 14 heavy (non-hydrogen) atoms. The molecule has 0 amide bonds. The predicted octanol–water partition coefficient (Wildman–Crippen LogP) is 0.418. The van der Waals surface area contributed by atoms with Crippen LogP contribution in [0.1, 0.15) is 13.8 Å². The summed E-state index contributed by atoms with van der Waals surface area (Å²) in [5, 5.41) is 9.09. The number of carbonyl (C=O) groups is 1. The van der Waals surface area contributed by atoms with Crippen molar-refractivity contribution < 1.29 is 14.6 Å². The molecule has 0 aromatic rings. The lowest BCUT2D eigenvalue weighted by Gasteiger charge is -2.16. The minimum atomic E-state index is -0.355. The number of likely N-dealkylation sites (N-methyl/N-ethyl adjacent to an activating group) is 1. The lowest BCUT2D eigenvalue weighted by Crippen LogP contribution is -2.27. The average Bonchev–Trinajstić information content (AvgIpc) is 2.11. The highest BCUT2D eigenvalue weighted by atomic mass is 16.5. The molecule has 0 fully saturated rings. The molecule has 82 valence electrons. The van der Waals surface area contributed by atoms with E-state index >= 15 is 0 Å². The van der Waals surface area contributed by atoms with Gasteiger partial charge < -0.3 is 14.7 Å². The van der Waals surface area contributed by atoms with E-state index in [2.05, 4.69) is 4.74 Å². The van der Waals surface area contributed by atoms with Gasteiger partial charge in [0.05, 0.1) is 13.2 Å². The third kappa shape index (κ3) is 5.72. The van der Waals surface area contributed by atoms with Crippen molar-refractivity contribution in [2.75, 3.05) is 27.2 Å². The van der Waals surface area contributed by atoms with Gasteiger partial charge in [0.25, 0.3) is 0 Å². The topological polar surface area (TPSA) is 49.8 Å². The maximum absolute atomic E-state index is 11.0. The molecule has 0 aromatic carbocycles. The molecule has 0 spiro atoms. The minimum Gasteiger partial charge on any atom is -0.466 e. The van der Waals surface area contributed by atoms with Crippen LogP contribution in [0.5, 0.6) is 0 Å². The number of ether oxygens (including phenoxy) is 1. The Morgan fingerprint density at radius 3 is 2.64 bits per heavy atom. The first-order valence-electron chi connectivity index (χ1n) is 4.59. The van der Waals surface area contributed by atoms with Gasteiger partial charge in [-0.25, -0.2) is 4.79 Å². The zero-order chi connectivity index (χ0) is 11.1. The van der Waals surface area contributed by atoms with Gasteiger partial charge in [-0.05, 0) is 20.9 Å². The van der Waals surface area contributed by atoms with Crippen molar-refractivity contribution in [2.45, 2.75) is 20.0 Å². The van der Waals surface area contributed by atoms with Crippen molar-refractivity contribution in [3.8, 4) is 0 Å². The van der Waals surface area contributed by atoms with E-state index < -0.39 is 0 Å². The Morgan fingerprint density at radius 2 is 2.21 bits per heavy atom. The maximum Gasteiger partial charge on any atom is 0.333 e. The number of aliphatic hydroxyl groups is 1. The molecule has 0 radical (unpaired) electrons. The largest absolute Gasteiger partial charge is 0.466 e. The number of hydrogen-bond donors (Lipinski definition) is 1. The predicted molar refractivity (Wildman–Crippen MR) is 55.0 cm³/mol. The molecule has 0 heterocycles. The second-order valence-electron chi connectivity index (χ2n) is 3.45. The Kier molecular flexibility index (Phi) is 6.16. The summed E-state index contributed by atoms with van der Waals surface area (Å²) in [6.45, 7) is 4.66. The molecular formula is C10H19NO3. The van der Waals surface area contributed by atoms with Crippen LogP contribution in [0.25, 0.3) is 0 Å². The second-order valence-corrected chi connectivity index (χ2v) is 3.45. The van der Waals surface area contributed by atoms with Crippen LogP contribution in [0.3, 0.4) is 0 Å². The monoisotopic (exact) mass is 201 g/mol. The van der Waals surface area contributed by atoms with Gasteiger partial charge in [0, 0.05) is 18.7 Å². The van der Waals surface area contributed by atoms with Gasteiger partial charge in [0.2, 0.25) is 0 Å². The molecule has 1 unspecified atom stereocenters. The number of esters is 1. The van der Waals surface area contributed by atoms with Gasteiger partial charge >= 0.3 is 5.97 Å². The van der Waals surface area contributed by atoms with Gasteiger partial charge in [-0.3, -0.25) is 0 Å². The average molecular weight is 201 g/mol. The summed E-state index contributed by atoms with van der Waals surface area (Å²) in [5.74, 6) is -0.310. The van der Waals surface area contributed by atoms with Crippen molar-refractivity contribution in [2.24, 2.45) is 0 Å². The quantitative estimate of drug-likeness (QED) is 0.517. The first-order chi connectivity index (χ1) is 6.47. The van der Waals surface area contributed by atoms with Gasteiger partial charge in [0.1, 0.15) is 0 Å². The third-order valence-electron chi connectivity index (χ3n) is 1.79. The van der Waals surface area contributed by atoms with Crippen LogP contribution >= 0.6 is 0 Å². The lowest BCUT2D eigenvalue weighted by atomic mass is 10.2. The van der Waals surface area contributed by atoms with Crippen LogP contribution < -0.4 is 0 Å². The number of rotatable bonds is 5. The summed E-state index contributed by atoms with van der Waals surface area (Å²) < 4.78 is 4.55. The molecular weight excluding hydrogens is 182 g/mol. The molecule has 1 N–H and O–H groups in total. The Labute approximate surface area is 85.2 Å². The van der Waals surface area contributed by atoms with E-state index in [-0.39, 0.29) is 12.1 Å². The fourth-order valence-corrected chi connectivity index (χ4v) is 1.06. The Hall–Kier alpha value is -0.870. The molecule has 0 aliphatic carbocycles. The van der Waals surface area contributed by atoms with Gasteiger partial charge in [-0.15, -0.1) is 0 Å². The van der Waals surface area contributed by atoms with Crippen molar-refractivity contribution in [1.29, 1.82) is 0 Å². The smallest absolute Gasteiger partial charge is 0.333 e. The van der Waals surface area contributed by atoms with E-state index in [1.807, 2.05) is 11.9 Å². The molecule has 0 aliphatic heterocycles. The van der Waals surface area contributed by atoms with Crippen molar-refractivity contribution in [3.05, 3.63) is 11.6 Å². The Bertz CT molecular complexity index is 211. The highest BCUT2D eigenvalue weighted by Gasteiger charge is 2.04. The summed E-state index contributed by atoms with van der Waals surface area (Å²) >= 11 is 0. The first-order valence-corrected chi connectivity index (χ1v) is 4.59. The summed E-state index contributed by atoms with van der Waals surface area (Å²) in [7, 11) is 3.24. The van der Waals surface area contributed by atoms with E-state index in [4.69, 9.17) is 5.11 Å². The molecule has 0 rings (SSSR count). The van der Waals surface area contributed by atoms with Crippen LogP contribution in [-0.4, -0.2) is 49.3 Å². The van der Waals surface area contributed by atoms with E-state index in [1.54, 1.807) is 19.9 Å². The second kappa shape index (κ2) is 6.56. The zero-order valence-electron chi connectivity index (χ0n) is 9.28. The fraction of sp³-hybridized carbons (Fsp3) is 0.700. The van der Waals surface area contributed by atoms with Crippen LogP contribution in [-0.2, 0) is 9.53 Å². The summed E-state index contributed by atoms with van der Waals surface area (Å²) in [6.07, 6.45) is 1.43. The first kappa shape index (κ1) is 13.1. The molecule has 0 saturated carbocycles. The Morgan fingerprint density at radius 1 is 1.64 bits per heavy atom. The standard InChI is InChI=1S/C10H19NO3/c1-8(10(13)14-4)5-6-11(3)7-9(2)12/h5,9,12H,6-7H2,1-4H3. The third-order valence-corrected chi connectivity index (χ3v) is 1.79. The van der Waals surface area contributed by atoms with Crippen LogP contribution in [0.15, 0.2) is 11.6 Å². The van der Waals surface area contributed by atoms with Crippen LogP contribution in [0, 0.1) is 0 Å². The van der Waals surface area contributed by atoms with Crippen LogP contribution in [0.4, 0.5) is 0 Å². The van der Waals surface area contributed by atoms with E-state index in [1.165, 1.54) is 7.11 Å². The molecule has 0 aromatic heterocycles. The van der Waals surface area contributed by atoms with E-state index in [9.17, 15) is 4.79 Å². The molecule has 1 atom stereocenters. The number of aliphatic hydroxyl groups excluding tert-OH is 1. The maximum atomic E-state index is 11.0. The Balaban J connectivity index is 3.95. The normalized spacial score (nSPS) is 14.3. The molecule has 4 nitrogen and oxygen atoms in total. The fourth-order valence-electron chi connectivity index (χ4n) is 1.06. The number of carbonyl (C=O) groups excluding carboxylic acids is 1. The van der Waals surface area contributed by atoms with Crippen molar-refractivity contribution >= 4 is 5.97 Å². The summed E-state index contributed by atoms with van der Waals surface area (Å²) in [5.41, 5.74) is 0.588. The highest BCUT2D eigenvalue weighted by Crippen LogP contribution is 1.97. The molecule has 0 saturated heterocycles. The van der Waals surface area contributed by atoms with Crippen molar-refractivity contribution in [1.82, 2.24) is 4.90 Å². The van der Waals surface area contributed by atoms with Gasteiger partial charge in [0.15, 0.2) is 0 Å². The van der Waals surface area contributed by atoms with Crippen LogP contribution in [0.2, 0.25) is 0 Å². The molecule has 4 heteroatoms. The summed E-state index contributed by atoms with van der Waals surface area (Å²) in [4.78, 5) is 12.9. The summed E-state index contributed by atoms with van der Waals surface area (Å²) in [6, 6.07) is 0. The number of hydrogen-bond acceptors (Lipinski definition) is 4. The minimum absolute atomic E-state index is 0.310. The van der Waals surface area contributed by atoms with Crippen molar-refractivity contribution in [3.63, 3.8) is 0 Å². The van der Waals surface area contributed by atoms with E-state index in [0.717, 1.165) is 0 Å². The SMILES string of the molecule is COC(=O)C(C)=CCN(C)CC(C)O. The zero-order valence-corrected chi connectivity index (χ0v) is 9.28.